The number of benzene rings is 2. The largest absolute Gasteiger partial charge is 1.00 e. The van der Waals surface area contributed by atoms with Crippen LogP contribution in [0, 0.1) is 25.0 Å². The van der Waals surface area contributed by atoms with Crippen molar-refractivity contribution in [3.63, 3.8) is 0 Å². The zero-order valence-corrected chi connectivity index (χ0v) is 26.8. The van der Waals surface area contributed by atoms with E-state index in [2.05, 4.69) is 19.1 Å². The maximum absolute atomic E-state index is 11.7. The summed E-state index contributed by atoms with van der Waals surface area (Å²) in [6.07, 6.45) is 4.00. The number of carbonyl (C=O) groups excluding carboxylic acids is 3. The number of ether oxygens (including phenoxy) is 1. The second-order valence-corrected chi connectivity index (χ2v) is 6.87. The normalized spacial score (nSPS) is 11.7. The minimum Gasteiger partial charge on any atom is -0.552 e. The van der Waals surface area contributed by atoms with Gasteiger partial charge in [-0.15, -0.1) is 6.07 Å². The summed E-state index contributed by atoms with van der Waals surface area (Å²) < 4.78 is 40.3. The van der Waals surface area contributed by atoms with Crippen molar-refractivity contribution in [1.29, 1.82) is 0 Å². The molecule has 0 saturated heterocycles. The molecular weight excluding hydrogens is 522 g/mol. The van der Waals surface area contributed by atoms with Crippen LogP contribution in [-0.2, 0) is 14.4 Å². The maximum atomic E-state index is 11.7. The van der Waals surface area contributed by atoms with Crippen LogP contribution in [0.1, 0.15) is 25.3 Å². The Morgan fingerprint density at radius 3 is 2.09 bits per heavy atom. The van der Waals surface area contributed by atoms with Gasteiger partial charge in [0.05, 0.1) is 6.61 Å². The van der Waals surface area contributed by atoms with Crippen molar-refractivity contribution in [1.82, 2.24) is 0 Å². The van der Waals surface area contributed by atoms with Crippen molar-refractivity contribution < 1.29 is 135 Å². The van der Waals surface area contributed by atoms with Crippen LogP contribution < -0.4 is 113 Å². The van der Waals surface area contributed by atoms with Crippen LogP contribution in [0.5, 0.6) is 5.75 Å². The zero-order chi connectivity index (χ0) is 25.0. The van der Waals surface area contributed by atoms with E-state index in [9.17, 15) is 18.0 Å². The monoisotopic (exact) mass is 547 g/mol. The summed E-state index contributed by atoms with van der Waals surface area (Å²) in [5.41, 5.74) is 1.97. The van der Waals surface area contributed by atoms with Gasteiger partial charge < -0.3 is 24.9 Å². The fourth-order valence-electron chi connectivity index (χ4n) is 1.86. The molecule has 0 amide bonds. The number of alkyl halides is 3. The first-order chi connectivity index (χ1) is 15.3. The van der Waals surface area contributed by atoms with E-state index in [0.717, 1.165) is 24.2 Å². The number of nitrogens with two attached hydrogens (primary N) is 1. The fraction of sp³-hybridized carbons (Fsp3) is 0.304. The Balaban J connectivity index is -0.000000183. The molecule has 1 saturated carbocycles. The van der Waals surface area contributed by atoms with Crippen molar-refractivity contribution in [2.45, 2.75) is 36.2 Å². The van der Waals surface area contributed by atoms with Crippen LogP contribution in [0.3, 0.4) is 0 Å². The van der Waals surface area contributed by atoms with Crippen molar-refractivity contribution >= 4 is 31.6 Å². The van der Waals surface area contributed by atoms with Gasteiger partial charge in [-0.05, 0) is 6.92 Å². The topological polar surface area (TPSA) is 86.5 Å². The number of carbonyl (C=O) groups is 2. The molecule has 2 N–H and O–H groups in total. The Morgan fingerprint density at radius 1 is 1.18 bits per heavy atom. The van der Waals surface area contributed by atoms with Crippen molar-refractivity contribution in [3.8, 4) is 5.75 Å². The first kappa shape index (κ1) is 41.6. The molecule has 34 heavy (non-hydrogen) atoms. The van der Waals surface area contributed by atoms with Gasteiger partial charge in [0.1, 0.15) is 13.6 Å². The summed E-state index contributed by atoms with van der Waals surface area (Å²) in [6.45, 7) is 10.4. The molecule has 2 aromatic rings. The molecule has 2 aromatic carbocycles. The second-order valence-electron chi connectivity index (χ2n) is 5.73. The van der Waals surface area contributed by atoms with E-state index >= 15 is 0 Å². The van der Waals surface area contributed by atoms with Crippen LogP contribution in [0.15, 0.2) is 47.4 Å². The number of halogens is 3. The summed E-state index contributed by atoms with van der Waals surface area (Å²) in [5, 5.41) is 0. The van der Waals surface area contributed by atoms with E-state index < -0.39 is 5.51 Å². The van der Waals surface area contributed by atoms with Crippen molar-refractivity contribution in [2.75, 3.05) is 6.61 Å². The molecule has 0 spiro atoms. The zero-order valence-electron chi connectivity index (χ0n) is 19.7. The van der Waals surface area contributed by atoms with Crippen LogP contribution in [0.4, 0.5) is 13.2 Å². The molecule has 0 radical (unpaired) electrons. The van der Waals surface area contributed by atoms with Gasteiger partial charge in [0.25, 0.3) is 0 Å². The van der Waals surface area contributed by atoms with Crippen molar-refractivity contribution in [2.24, 2.45) is 11.7 Å². The summed E-state index contributed by atoms with van der Waals surface area (Å²) in [5.74, 6) is 1.29. The molecular formula is C23H26F3K2NO4S-2. The molecule has 11 heteroatoms. The maximum Gasteiger partial charge on any atom is 1.00 e. The van der Waals surface area contributed by atoms with Gasteiger partial charge in [-0.3, -0.25) is 0 Å². The molecule has 3 rings (SSSR count). The van der Waals surface area contributed by atoms with Crippen LogP contribution >= 0.6 is 11.8 Å². The predicted octanol–water partition coefficient (Wildman–Crippen LogP) is -1.36. The summed E-state index contributed by atoms with van der Waals surface area (Å²) >= 11 is -0.131. The van der Waals surface area contributed by atoms with Gasteiger partial charge in [-0.2, -0.15) is 74.2 Å². The molecule has 0 heterocycles. The van der Waals surface area contributed by atoms with Crippen molar-refractivity contribution in [3.05, 3.63) is 67.1 Å². The molecule has 0 aromatic heterocycles. The van der Waals surface area contributed by atoms with Crippen LogP contribution in [0.25, 0.3) is 0 Å². The average Bonchev–Trinajstić information content (AvgIpc) is 3.64. The van der Waals surface area contributed by atoms with Gasteiger partial charge in [-0.25, -0.2) is 6.29 Å². The van der Waals surface area contributed by atoms with Gasteiger partial charge in [0.2, 0.25) is 0 Å². The third-order valence-electron chi connectivity index (χ3n) is 3.39. The molecule has 1 atom stereocenters. The molecule has 1 fully saturated rings. The van der Waals surface area contributed by atoms with E-state index in [0.29, 0.717) is 12.5 Å². The molecule has 178 valence electrons. The van der Waals surface area contributed by atoms with Crippen LogP contribution in [0.2, 0.25) is 0 Å². The first-order valence-corrected chi connectivity index (χ1v) is 9.96. The molecule has 5 nitrogen and oxygen atoms in total. The Hall–Kier alpha value is 0.493. The average molecular weight is 548 g/mol. The third kappa shape index (κ3) is 24.2. The number of hydrogen-bond donors (Lipinski definition) is 1. The molecule has 1 aliphatic rings. The Bertz CT molecular complexity index is 738. The van der Waals surface area contributed by atoms with E-state index in [1.165, 1.54) is 18.2 Å². The Kier molecular flexibility index (Phi) is 32.5. The van der Waals surface area contributed by atoms with E-state index in [1.807, 2.05) is 32.6 Å². The molecule has 0 aliphatic heterocycles. The summed E-state index contributed by atoms with van der Waals surface area (Å²) in [7, 11) is 0. The minimum absolute atomic E-state index is 0. The van der Waals surface area contributed by atoms with E-state index in [1.54, 1.807) is 18.4 Å². The van der Waals surface area contributed by atoms with Crippen LogP contribution in [-0.4, -0.2) is 38.0 Å². The molecule has 0 bridgehead atoms. The van der Waals surface area contributed by atoms with E-state index in [4.69, 9.17) is 20.1 Å². The summed E-state index contributed by atoms with van der Waals surface area (Å²) in [6, 6.07) is 16.5. The third-order valence-corrected chi connectivity index (χ3v) is 4.11. The van der Waals surface area contributed by atoms with Gasteiger partial charge in [-0.1, -0.05) is 41.5 Å². The quantitative estimate of drug-likeness (QED) is 0.283. The second kappa shape index (κ2) is 26.6. The Labute approximate surface area is 289 Å². The predicted molar refractivity (Wildman–Crippen MR) is 119 cm³/mol. The van der Waals surface area contributed by atoms with Gasteiger partial charge in [0, 0.05) is 5.75 Å². The fourth-order valence-corrected chi connectivity index (χ4v) is 2.40. The summed E-state index contributed by atoms with van der Waals surface area (Å²) in [4.78, 5) is 25.9. The molecule has 1 aliphatic carbocycles. The Morgan fingerprint density at radius 2 is 1.74 bits per heavy atom. The van der Waals surface area contributed by atoms with E-state index in [-0.39, 0.29) is 125 Å². The van der Waals surface area contributed by atoms with Gasteiger partial charge >= 0.3 is 108 Å². The van der Waals surface area contributed by atoms with Gasteiger partial charge in [0.15, 0.2) is 0 Å². The smallest absolute Gasteiger partial charge is 0.552 e. The number of rotatable bonds is 5. The number of hydrogen-bond acceptors (Lipinski definition) is 6. The molecule has 1 unspecified atom stereocenters. The standard InChI is InChI=1S/C9H10O.C7H4F3S.C5H8NO.2CH2O.2K/c1-3-10-9-7-5-4-6-8(9)2;8-7(9,10)11-6-4-2-1-3-5-6;6-5(3-7)4-1-2-4;2*1-2;;/h4,6-7H,2-3H2,1H3;1-2,4-5H;4-5H,1-2,6H2;2*1H2;;/q-2;2*-1;;;2*+1. The number of thioether (sulfide) groups is 1. The SMILES string of the molecule is C=O.C=O.FC(F)(F)Sc1c[c-]ccc1.NC([C-]=O)C1CC1.[CH2-]c1cc[c-]cc1OCC.[K+].[K+]. The first-order valence-electron chi connectivity index (χ1n) is 9.14. The minimum atomic E-state index is -4.20.